The van der Waals surface area contributed by atoms with Crippen molar-refractivity contribution >= 4 is 11.9 Å². The smallest absolute Gasteiger partial charge is 0.306 e. The van der Waals surface area contributed by atoms with Gasteiger partial charge in [-0.05, 0) is 26.2 Å². The van der Waals surface area contributed by atoms with Crippen LogP contribution >= 0.6 is 0 Å². The molecular weight excluding hydrogens is 226 g/mol. The molecule has 0 aromatic carbocycles. The Kier molecular flexibility index (Phi) is 4.47. The molecule has 1 rings (SSSR count). The van der Waals surface area contributed by atoms with Crippen molar-refractivity contribution in [2.24, 2.45) is 11.8 Å². The van der Waals surface area contributed by atoms with Crippen LogP contribution in [0.3, 0.4) is 0 Å². The van der Waals surface area contributed by atoms with Crippen LogP contribution in [-0.2, 0) is 9.59 Å². The highest BCUT2D eigenvalue weighted by molar-refractivity contribution is 5.81. The van der Waals surface area contributed by atoms with Gasteiger partial charge in [-0.15, -0.1) is 0 Å². The van der Waals surface area contributed by atoms with Crippen molar-refractivity contribution in [2.75, 3.05) is 13.2 Å². The Labute approximate surface area is 99.6 Å². The number of carbonyl (C=O) groups excluding carboxylic acids is 1. The second-order valence-electron chi connectivity index (χ2n) is 4.91. The Bertz CT molecular complexity index is 300. The molecule has 0 radical (unpaired) electrons. The molecule has 1 amide bonds. The van der Waals surface area contributed by atoms with Gasteiger partial charge in [-0.2, -0.15) is 0 Å². The molecule has 0 aromatic rings. The summed E-state index contributed by atoms with van der Waals surface area (Å²) in [5.74, 6) is -1.96. The SMILES string of the molecule is CC(CO)(CO)NC(=O)[C@@H]1CC[C@H](C(=O)O)C1. The third-order valence-corrected chi connectivity index (χ3v) is 3.28. The number of hydrogen-bond acceptors (Lipinski definition) is 4. The number of nitrogens with one attached hydrogen (secondary N) is 1. The minimum absolute atomic E-state index is 0.292. The van der Waals surface area contributed by atoms with Gasteiger partial charge in [0, 0.05) is 5.92 Å². The molecule has 0 saturated heterocycles. The zero-order valence-corrected chi connectivity index (χ0v) is 9.85. The number of aliphatic hydroxyl groups is 2. The van der Waals surface area contributed by atoms with Gasteiger partial charge in [0.2, 0.25) is 5.91 Å². The van der Waals surface area contributed by atoms with Gasteiger partial charge in [0.15, 0.2) is 0 Å². The van der Waals surface area contributed by atoms with Crippen LogP contribution < -0.4 is 5.32 Å². The summed E-state index contributed by atoms with van der Waals surface area (Å²) in [5.41, 5.74) is -1.04. The van der Waals surface area contributed by atoms with Crippen molar-refractivity contribution in [2.45, 2.75) is 31.7 Å². The van der Waals surface area contributed by atoms with E-state index in [-0.39, 0.29) is 25.0 Å². The highest BCUT2D eigenvalue weighted by Gasteiger charge is 2.36. The Morgan fingerprint density at radius 3 is 2.18 bits per heavy atom. The van der Waals surface area contributed by atoms with Gasteiger partial charge in [0.1, 0.15) is 0 Å². The van der Waals surface area contributed by atoms with Crippen LogP contribution in [0.2, 0.25) is 0 Å². The average molecular weight is 245 g/mol. The number of carbonyl (C=O) groups is 2. The number of hydrogen-bond donors (Lipinski definition) is 4. The maximum Gasteiger partial charge on any atom is 0.306 e. The first kappa shape index (κ1) is 13.9. The summed E-state index contributed by atoms with van der Waals surface area (Å²) < 4.78 is 0. The van der Waals surface area contributed by atoms with Gasteiger partial charge in [-0.1, -0.05) is 0 Å². The second kappa shape index (κ2) is 5.46. The number of amides is 1. The van der Waals surface area contributed by atoms with E-state index in [0.29, 0.717) is 19.3 Å². The normalized spacial score (nSPS) is 24.6. The maximum atomic E-state index is 11.8. The molecule has 1 aliphatic carbocycles. The molecule has 1 aliphatic rings. The summed E-state index contributed by atoms with van der Waals surface area (Å²) in [7, 11) is 0. The standard InChI is InChI=1S/C11H19NO5/c1-11(5-13,6-14)12-9(15)7-2-3-8(4-7)10(16)17/h7-8,13-14H,2-6H2,1H3,(H,12,15)(H,16,17)/t7-,8+/m1/s1. The molecule has 2 atom stereocenters. The quantitative estimate of drug-likeness (QED) is 0.515. The Morgan fingerprint density at radius 2 is 1.76 bits per heavy atom. The highest BCUT2D eigenvalue weighted by atomic mass is 16.4. The van der Waals surface area contributed by atoms with Gasteiger partial charge in [-0.25, -0.2) is 0 Å². The minimum Gasteiger partial charge on any atom is -0.481 e. The molecule has 98 valence electrons. The summed E-state index contributed by atoms with van der Waals surface area (Å²) >= 11 is 0. The molecule has 0 unspecified atom stereocenters. The molecule has 1 saturated carbocycles. The lowest BCUT2D eigenvalue weighted by Gasteiger charge is -2.27. The molecular formula is C11H19NO5. The van der Waals surface area contributed by atoms with Gasteiger partial charge >= 0.3 is 5.97 Å². The number of carboxylic acid groups (broad SMARTS) is 1. The fraction of sp³-hybridized carbons (Fsp3) is 0.818. The monoisotopic (exact) mass is 245 g/mol. The van der Waals surface area contributed by atoms with Crippen LogP contribution in [0.4, 0.5) is 0 Å². The molecule has 0 spiro atoms. The van der Waals surface area contributed by atoms with E-state index >= 15 is 0 Å². The van der Waals surface area contributed by atoms with Crippen molar-refractivity contribution in [3.8, 4) is 0 Å². The lowest BCUT2D eigenvalue weighted by atomic mass is 10.0. The maximum absolute atomic E-state index is 11.8. The molecule has 0 heterocycles. The van der Waals surface area contributed by atoms with Crippen LogP contribution in [-0.4, -0.2) is 45.9 Å². The molecule has 0 aliphatic heterocycles. The molecule has 6 nitrogen and oxygen atoms in total. The molecule has 1 fully saturated rings. The fourth-order valence-electron chi connectivity index (χ4n) is 1.97. The summed E-state index contributed by atoms with van der Waals surface area (Å²) in [5, 5.41) is 29.5. The molecule has 6 heteroatoms. The first-order valence-corrected chi connectivity index (χ1v) is 5.68. The predicted molar refractivity (Wildman–Crippen MR) is 59.2 cm³/mol. The third-order valence-electron chi connectivity index (χ3n) is 3.28. The Hall–Kier alpha value is -1.14. The van der Waals surface area contributed by atoms with E-state index in [0.717, 1.165) is 0 Å². The number of aliphatic carboxylic acids is 1. The fourth-order valence-corrected chi connectivity index (χ4v) is 1.97. The summed E-state index contributed by atoms with van der Waals surface area (Å²) in [4.78, 5) is 22.6. The minimum atomic E-state index is -1.04. The Balaban J connectivity index is 2.52. The number of rotatable bonds is 5. The van der Waals surface area contributed by atoms with Crippen molar-refractivity contribution in [3.05, 3.63) is 0 Å². The van der Waals surface area contributed by atoms with E-state index in [2.05, 4.69) is 5.32 Å². The van der Waals surface area contributed by atoms with E-state index in [1.807, 2.05) is 0 Å². The molecule has 0 bridgehead atoms. The van der Waals surface area contributed by atoms with Gasteiger partial charge in [0.25, 0.3) is 0 Å². The van der Waals surface area contributed by atoms with Crippen molar-refractivity contribution in [3.63, 3.8) is 0 Å². The van der Waals surface area contributed by atoms with Crippen molar-refractivity contribution in [1.82, 2.24) is 5.32 Å². The van der Waals surface area contributed by atoms with Gasteiger partial charge in [0.05, 0.1) is 24.7 Å². The van der Waals surface area contributed by atoms with Crippen molar-refractivity contribution < 1.29 is 24.9 Å². The largest absolute Gasteiger partial charge is 0.481 e. The lowest BCUT2D eigenvalue weighted by molar-refractivity contribution is -0.141. The Morgan fingerprint density at radius 1 is 1.24 bits per heavy atom. The van der Waals surface area contributed by atoms with E-state index in [1.54, 1.807) is 0 Å². The number of aliphatic hydroxyl groups excluding tert-OH is 2. The van der Waals surface area contributed by atoms with Crippen LogP contribution in [0.1, 0.15) is 26.2 Å². The van der Waals surface area contributed by atoms with Crippen molar-refractivity contribution in [1.29, 1.82) is 0 Å². The van der Waals surface area contributed by atoms with E-state index < -0.39 is 17.4 Å². The molecule has 17 heavy (non-hydrogen) atoms. The zero-order chi connectivity index (χ0) is 13.1. The van der Waals surface area contributed by atoms with E-state index in [9.17, 15) is 9.59 Å². The van der Waals surface area contributed by atoms with Crippen LogP contribution in [0, 0.1) is 11.8 Å². The van der Waals surface area contributed by atoms with E-state index in [4.69, 9.17) is 15.3 Å². The van der Waals surface area contributed by atoms with Crippen LogP contribution in [0.5, 0.6) is 0 Å². The third kappa shape index (κ3) is 3.41. The first-order valence-electron chi connectivity index (χ1n) is 5.68. The highest BCUT2D eigenvalue weighted by Crippen LogP contribution is 2.31. The molecule has 4 N–H and O–H groups in total. The van der Waals surface area contributed by atoms with Crippen LogP contribution in [0.15, 0.2) is 0 Å². The second-order valence-corrected chi connectivity index (χ2v) is 4.91. The van der Waals surface area contributed by atoms with Gasteiger partial charge < -0.3 is 20.6 Å². The summed E-state index contributed by atoms with van der Waals surface area (Å²) in [6, 6.07) is 0. The summed E-state index contributed by atoms with van der Waals surface area (Å²) in [6.07, 6.45) is 1.37. The topological polar surface area (TPSA) is 107 Å². The van der Waals surface area contributed by atoms with Crippen LogP contribution in [0.25, 0.3) is 0 Å². The van der Waals surface area contributed by atoms with Gasteiger partial charge in [-0.3, -0.25) is 9.59 Å². The van der Waals surface area contributed by atoms with E-state index in [1.165, 1.54) is 6.92 Å². The number of carboxylic acids is 1. The predicted octanol–water partition coefficient (Wildman–Crippen LogP) is -0.653. The zero-order valence-electron chi connectivity index (χ0n) is 9.85. The first-order chi connectivity index (χ1) is 7.91. The lowest BCUT2D eigenvalue weighted by Crippen LogP contribution is -2.53. The summed E-state index contributed by atoms with van der Waals surface area (Å²) in [6.45, 7) is 0.823. The molecule has 0 aromatic heterocycles. The average Bonchev–Trinajstić information content (AvgIpc) is 2.78.